The summed E-state index contributed by atoms with van der Waals surface area (Å²) < 4.78 is 0. The number of likely N-dealkylation sites (N-methyl/N-ethyl adjacent to an activating group) is 1. The lowest BCUT2D eigenvalue weighted by Crippen LogP contribution is -2.49. The SMILES string of the molecule is CN(C)CCN(C(=O)[C@@H]1CCCN(c2ncccn2)C1)C1CCCC1. The van der Waals surface area contributed by atoms with Crippen molar-refractivity contribution in [3.8, 4) is 0 Å². The molecule has 2 fully saturated rings. The van der Waals surface area contributed by atoms with Gasteiger partial charge in [-0.2, -0.15) is 0 Å². The molecule has 0 aromatic carbocycles. The van der Waals surface area contributed by atoms with Crippen LogP contribution in [0.25, 0.3) is 0 Å². The second-order valence-electron chi connectivity index (χ2n) is 7.61. The first-order valence-electron chi connectivity index (χ1n) is 9.62. The Morgan fingerprint density at radius 2 is 1.84 bits per heavy atom. The van der Waals surface area contributed by atoms with Crippen LogP contribution in [-0.2, 0) is 4.79 Å². The first-order chi connectivity index (χ1) is 12.1. The quantitative estimate of drug-likeness (QED) is 0.790. The zero-order valence-electron chi connectivity index (χ0n) is 15.6. The number of piperidine rings is 1. The summed E-state index contributed by atoms with van der Waals surface area (Å²) >= 11 is 0. The Kier molecular flexibility index (Phi) is 6.24. The van der Waals surface area contributed by atoms with E-state index in [0.717, 1.165) is 57.8 Å². The van der Waals surface area contributed by atoms with Gasteiger partial charge in [0.1, 0.15) is 0 Å². The Hall–Kier alpha value is -1.69. The molecule has 1 atom stereocenters. The maximum Gasteiger partial charge on any atom is 0.227 e. The molecule has 3 rings (SSSR count). The first-order valence-corrected chi connectivity index (χ1v) is 9.62. The predicted molar refractivity (Wildman–Crippen MR) is 99.5 cm³/mol. The Balaban J connectivity index is 1.67. The molecule has 0 N–H and O–H groups in total. The van der Waals surface area contributed by atoms with E-state index in [1.54, 1.807) is 12.4 Å². The molecule has 0 spiro atoms. The maximum atomic E-state index is 13.3. The van der Waals surface area contributed by atoms with Gasteiger partial charge in [0.2, 0.25) is 11.9 Å². The normalized spacial score (nSPS) is 21.7. The summed E-state index contributed by atoms with van der Waals surface area (Å²) in [4.78, 5) is 28.6. The summed E-state index contributed by atoms with van der Waals surface area (Å²) in [6.45, 7) is 3.46. The number of carbonyl (C=O) groups is 1. The predicted octanol–water partition coefficient (Wildman–Crippen LogP) is 2.03. The van der Waals surface area contributed by atoms with E-state index >= 15 is 0 Å². The van der Waals surface area contributed by atoms with Gasteiger partial charge >= 0.3 is 0 Å². The van der Waals surface area contributed by atoms with Crippen LogP contribution >= 0.6 is 0 Å². The van der Waals surface area contributed by atoms with Crippen LogP contribution < -0.4 is 4.90 Å². The maximum absolute atomic E-state index is 13.3. The van der Waals surface area contributed by atoms with Crippen LogP contribution in [0.4, 0.5) is 5.95 Å². The largest absolute Gasteiger partial charge is 0.340 e. The lowest BCUT2D eigenvalue weighted by atomic mass is 9.95. The van der Waals surface area contributed by atoms with Gasteiger partial charge in [0.25, 0.3) is 0 Å². The molecule has 1 aliphatic heterocycles. The second-order valence-corrected chi connectivity index (χ2v) is 7.61. The number of nitrogens with zero attached hydrogens (tertiary/aromatic N) is 5. The van der Waals surface area contributed by atoms with Crippen molar-refractivity contribution >= 4 is 11.9 Å². The van der Waals surface area contributed by atoms with Gasteiger partial charge in [-0.1, -0.05) is 12.8 Å². The van der Waals surface area contributed by atoms with E-state index in [1.807, 2.05) is 6.07 Å². The molecule has 1 aromatic rings. The van der Waals surface area contributed by atoms with Crippen molar-refractivity contribution in [2.75, 3.05) is 45.2 Å². The summed E-state index contributed by atoms with van der Waals surface area (Å²) in [6, 6.07) is 2.27. The number of rotatable bonds is 6. The van der Waals surface area contributed by atoms with Crippen molar-refractivity contribution in [2.24, 2.45) is 5.92 Å². The fourth-order valence-corrected chi connectivity index (χ4v) is 4.05. The van der Waals surface area contributed by atoms with Gasteiger partial charge in [0.05, 0.1) is 5.92 Å². The fraction of sp³-hybridized carbons (Fsp3) is 0.737. The van der Waals surface area contributed by atoms with Crippen molar-refractivity contribution in [3.63, 3.8) is 0 Å². The van der Waals surface area contributed by atoms with Gasteiger partial charge in [0.15, 0.2) is 0 Å². The molecule has 6 nitrogen and oxygen atoms in total. The van der Waals surface area contributed by atoms with E-state index in [9.17, 15) is 4.79 Å². The summed E-state index contributed by atoms with van der Waals surface area (Å²) in [7, 11) is 4.15. The van der Waals surface area contributed by atoms with Gasteiger partial charge in [0, 0.05) is 44.6 Å². The highest BCUT2D eigenvalue weighted by Gasteiger charge is 2.34. The molecule has 0 unspecified atom stereocenters. The Morgan fingerprint density at radius 3 is 2.52 bits per heavy atom. The Labute approximate surface area is 151 Å². The van der Waals surface area contributed by atoms with Gasteiger partial charge in [-0.15, -0.1) is 0 Å². The molecular formula is C19H31N5O. The minimum Gasteiger partial charge on any atom is -0.340 e. The van der Waals surface area contributed by atoms with Gasteiger partial charge in [-0.05, 0) is 45.8 Å². The summed E-state index contributed by atoms with van der Waals surface area (Å²) in [6.07, 6.45) is 10.4. The molecule has 138 valence electrons. The highest BCUT2D eigenvalue weighted by Crippen LogP contribution is 2.28. The zero-order valence-corrected chi connectivity index (χ0v) is 15.6. The van der Waals surface area contributed by atoms with Crippen LogP contribution in [0.1, 0.15) is 38.5 Å². The second kappa shape index (κ2) is 8.61. The number of anilines is 1. The number of aromatic nitrogens is 2. The van der Waals surface area contributed by atoms with Crippen molar-refractivity contribution in [3.05, 3.63) is 18.5 Å². The van der Waals surface area contributed by atoms with E-state index in [1.165, 1.54) is 12.8 Å². The van der Waals surface area contributed by atoms with E-state index in [2.05, 4.69) is 38.8 Å². The van der Waals surface area contributed by atoms with Gasteiger partial charge in [-0.25, -0.2) is 9.97 Å². The van der Waals surface area contributed by atoms with E-state index in [0.29, 0.717) is 11.9 Å². The first kappa shape index (κ1) is 18.1. The monoisotopic (exact) mass is 345 g/mol. The van der Waals surface area contributed by atoms with E-state index < -0.39 is 0 Å². The van der Waals surface area contributed by atoms with Crippen molar-refractivity contribution < 1.29 is 4.79 Å². The lowest BCUT2D eigenvalue weighted by molar-refractivity contribution is -0.138. The fourth-order valence-electron chi connectivity index (χ4n) is 4.05. The van der Waals surface area contributed by atoms with Gasteiger partial charge < -0.3 is 14.7 Å². The van der Waals surface area contributed by atoms with Crippen LogP contribution in [0.15, 0.2) is 18.5 Å². The van der Waals surface area contributed by atoms with Crippen LogP contribution in [0.2, 0.25) is 0 Å². The summed E-state index contributed by atoms with van der Waals surface area (Å²) in [5.74, 6) is 1.16. The van der Waals surface area contributed by atoms with E-state index in [-0.39, 0.29) is 5.92 Å². The summed E-state index contributed by atoms with van der Waals surface area (Å²) in [5, 5.41) is 0. The number of carbonyl (C=O) groups excluding carboxylic acids is 1. The molecule has 1 saturated carbocycles. The summed E-state index contributed by atoms with van der Waals surface area (Å²) in [5.41, 5.74) is 0. The van der Waals surface area contributed by atoms with Crippen LogP contribution in [0.5, 0.6) is 0 Å². The molecule has 1 amide bonds. The Bertz CT molecular complexity index is 544. The molecule has 0 bridgehead atoms. The number of amides is 1. The molecule has 1 aliphatic carbocycles. The van der Waals surface area contributed by atoms with Crippen molar-refractivity contribution in [2.45, 2.75) is 44.6 Å². The topological polar surface area (TPSA) is 52.6 Å². The molecule has 6 heteroatoms. The molecule has 0 radical (unpaired) electrons. The average molecular weight is 345 g/mol. The van der Waals surface area contributed by atoms with Crippen LogP contribution in [0.3, 0.4) is 0 Å². The number of hydrogen-bond acceptors (Lipinski definition) is 5. The molecule has 2 heterocycles. The molecule has 25 heavy (non-hydrogen) atoms. The third kappa shape index (κ3) is 4.69. The highest BCUT2D eigenvalue weighted by molar-refractivity contribution is 5.80. The van der Waals surface area contributed by atoms with Crippen molar-refractivity contribution in [1.29, 1.82) is 0 Å². The molecule has 1 aromatic heterocycles. The van der Waals surface area contributed by atoms with E-state index in [4.69, 9.17) is 0 Å². The lowest BCUT2D eigenvalue weighted by Gasteiger charge is -2.37. The van der Waals surface area contributed by atoms with Crippen LogP contribution in [-0.4, -0.2) is 72.0 Å². The third-order valence-electron chi connectivity index (χ3n) is 5.44. The highest BCUT2D eigenvalue weighted by atomic mass is 16.2. The third-order valence-corrected chi connectivity index (χ3v) is 5.44. The minimum absolute atomic E-state index is 0.0697. The molecule has 1 saturated heterocycles. The van der Waals surface area contributed by atoms with Crippen LogP contribution in [0, 0.1) is 5.92 Å². The minimum atomic E-state index is 0.0697. The Morgan fingerprint density at radius 1 is 1.12 bits per heavy atom. The molecular weight excluding hydrogens is 314 g/mol. The smallest absolute Gasteiger partial charge is 0.227 e. The molecule has 2 aliphatic rings. The number of hydrogen-bond donors (Lipinski definition) is 0. The van der Waals surface area contributed by atoms with Crippen molar-refractivity contribution in [1.82, 2.24) is 19.8 Å². The average Bonchev–Trinajstić information content (AvgIpc) is 3.17. The zero-order chi connectivity index (χ0) is 17.6. The van der Waals surface area contributed by atoms with Gasteiger partial charge in [-0.3, -0.25) is 4.79 Å². The standard InChI is InChI=1S/C19H31N5O/c1-22(2)13-14-24(17-8-3-4-9-17)18(25)16-7-5-12-23(15-16)19-20-10-6-11-21-19/h6,10-11,16-17H,3-5,7-9,12-15H2,1-2H3/t16-/m1/s1.